The fourth-order valence-electron chi connectivity index (χ4n) is 1.64. The maximum absolute atomic E-state index is 11.7. The van der Waals surface area contributed by atoms with E-state index in [9.17, 15) is 9.59 Å². The topological polar surface area (TPSA) is 58.2 Å². The summed E-state index contributed by atoms with van der Waals surface area (Å²) < 4.78 is 0. The summed E-state index contributed by atoms with van der Waals surface area (Å²) in [7, 11) is 0. The summed E-state index contributed by atoms with van der Waals surface area (Å²) >= 11 is 1.40. The number of hydrogen-bond donors (Lipinski definition) is 2. The Hall–Kier alpha value is -1.62. The van der Waals surface area contributed by atoms with Crippen LogP contribution in [0, 0.1) is 12.8 Å². The zero-order valence-corrected chi connectivity index (χ0v) is 11.3. The summed E-state index contributed by atoms with van der Waals surface area (Å²) in [6, 6.07) is 3.62. The van der Waals surface area contributed by atoms with Crippen molar-refractivity contribution in [2.75, 3.05) is 0 Å². The van der Waals surface area contributed by atoms with Gasteiger partial charge in [0.25, 0.3) is 11.8 Å². The van der Waals surface area contributed by atoms with Crippen LogP contribution in [-0.4, -0.2) is 11.8 Å². The van der Waals surface area contributed by atoms with E-state index in [-0.39, 0.29) is 11.8 Å². The van der Waals surface area contributed by atoms with Crippen molar-refractivity contribution in [1.29, 1.82) is 0 Å². The molecule has 0 spiro atoms. The maximum Gasteiger partial charge on any atom is 0.279 e. The second-order valence-corrected chi connectivity index (χ2v) is 5.80. The molecule has 2 amide bonds. The van der Waals surface area contributed by atoms with Gasteiger partial charge in [0, 0.05) is 11.0 Å². The largest absolute Gasteiger partial charge is 0.279 e. The van der Waals surface area contributed by atoms with Gasteiger partial charge in [-0.2, -0.15) is 0 Å². The normalized spacial score (nSPS) is 15.3. The van der Waals surface area contributed by atoms with Gasteiger partial charge in [-0.3, -0.25) is 20.4 Å². The standard InChI is InChI=1S/C13H16N2O2S/c1-8(10-4-5-10)7-12(16)14-15-13(17)11-6-3-9(2)18-11/h3,6-7,10H,4-5H2,1-2H3,(H,14,16)(H,15,17)/b8-7+. The molecule has 0 atom stereocenters. The molecule has 4 nitrogen and oxygen atoms in total. The molecule has 0 aromatic carbocycles. The molecule has 0 unspecified atom stereocenters. The summed E-state index contributed by atoms with van der Waals surface area (Å²) in [5.74, 6) is 0.00588. The molecule has 0 saturated heterocycles. The first-order valence-corrected chi connectivity index (χ1v) is 6.73. The third-order valence-corrected chi connectivity index (χ3v) is 3.84. The fraction of sp³-hybridized carbons (Fsp3) is 0.385. The fourth-order valence-corrected chi connectivity index (χ4v) is 2.40. The van der Waals surface area contributed by atoms with Gasteiger partial charge in [0.1, 0.15) is 0 Å². The highest BCUT2D eigenvalue weighted by molar-refractivity contribution is 7.13. The van der Waals surface area contributed by atoms with Crippen LogP contribution in [0.3, 0.4) is 0 Å². The van der Waals surface area contributed by atoms with Crippen molar-refractivity contribution >= 4 is 23.2 Å². The smallest absolute Gasteiger partial charge is 0.268 e. The number of thiophene rings is 1. The zero-order valence-electron chi connectivity index (χ0n) is 10.4. The average molecular weight is 264 g/mol. The summed E-state index contributed by atoms with van der Waals surface area (Å²) in [4.78, 5) is 24.8. The van der Waals surface area contributed by atoms with Crippen LogP contribution >= 0.6 is 11.3 Å². The SMILES string of the molecule is C/C(=C\C(=O)NNC(=O)c1ccc(C)s1)C1CC1. The molecule has 1 heterocycles. The highest BCUT2D eigenvalue weighted by atomic mass is 32.1. The van der Waals surface area contributed by atoms with Gasteiger partial charge in [-0.25, -0.2) is 0 Å². The molecule has 0 radical (unpaired) electrons. The number of carbonyl (C=O) groups is 2. The van der Waals surface area contributed by atoms with Crippen molar-refractivity contribution in [3.8, 4) is 0 Å². The zero-order chi connectivity index (χ0) is 13.1. The van der Waals surface area contributed by atoms with Crippen molar-refractivity contribution in [1.82, 2.24) is 10.9 Å². The number of hydrazine groups is 1. The van der Waals surface area contributed by atoms with Crippen LogP contribution in [0.5, 0.6) is 0 Å². The Balaban J connectivity index is 1.82. The molecule has 96 valence electrons. The van der Waals surface area contributed by atoms with Gasteiger partial charge in [-0.1, -0.05) is 5.57 Å². The Labute approximate surface area is 110 Å². The number of hydrogen-bond acceptors (Lipinski definition) is 3. The first-order chi connectivity index (χ1) is 8.56. The molecular weight excluding hydrogens is 248 g/mol. The molecule has 1 saturated carbocycles. The van der Waals surface area contributed by atoms with Gasteiger partial charge in [-0.05, 0) is 44.7 Å². The molecule has 1 fully saturated rings. The Morgan fingerprint density at radius 3 is 2.61 bits per heavy atom. The highest BCUT2D eigenvalue weighted by Crippen LogP contribution is 2.35. The van der Waals surface area contributed by atoms with Crippen LogP contribution in [-0.2, 0) is 4.79 Å². The Kier molecular flexibility index (Phi) is 3.81. The van der Waals surface area contributed by atoms with Crippen LogP contribution in [0.4, 0.5) is 0 Å². The third-order valence-electron chi connectivity index (χ3n) is 2.84. The van der Waals surface area contributed by atoms with Crippen LogP contribution in [0.1, 0.15) is 34.3 Å². The lowest BCUT2D eigenvalue weighted by Gasteiger charge is -2.04. The van der Waals surface area contributed by atoms with Gasteiger partial charge in [0.15, 0.2) is 0 Å². The van der Waals surface area contributed by atoms with E-state index in [1.165, 1.54) is 11.3 Å². The second-order valence-electron chi connectivity index (χ2n) is 4.52. The van der Waals surface area contributed by atoms with Gasteiger partial charge in [-0.15, -0.1) is 11.3 Å². The van der Waals surface area contributed by atoms with Gasteiger partial charge in [0.05, 0.1) is 4.88 Å². The van der Waals surface area contributed by atoms with Crippen LogP contribution in [0.15, 0.2) is 23.8 Å². The molecular formula is C13H16N2O2S. The van der Waals surface area contributed by atoms with Gasteiger partial charge >= 0.3 is 0 Å². The van der Waals surface area contributed by atoms with Crippen molar-refractivity contribution < 1.29 is 9.59 Å². The van der Waals surface area contributed by atoms with Crippen molar-refractivity contribution in [2.45, 2.75) is 26.7 Å². The predicted molar refractivity (Wildman–Crippen MR) is 71.1 cm³/mol. The first kappa shape index (κ1) is 12.8. The molecule has 0 aliphatic heterocycles. The average Bonchev–Trinajstić information content (AvgIpc) is 3.09. The quantitative estimate of drug-likeness (QED) is 0.649. The van der Waals surface area contributed by atoms with Crippen molar-refractivity contribution in [3.05, 3.63) is 33.5 Å². The minimum atomic E-state index is -0.279. The molecule has 1 aromatic heterocycles. The Morgan fingerprint density at radius 2 is 2.06 bits per heavy atom. The maximum atomic E-state index is 11.7. The Bertz CT molecular complexity index is 501. The molecule has 1 aromatic rings. The summed E-state index contributed by atoms with van der Waals surface area (Å²) in [5.41, 5.74) is 5.88. The lowest BCUT2D eigenvalue weighted by atomic mass is 10.2. The number of allylic oxidation sites excluding steroid dienone is 1. The van der Waals surface area contributed by atoms with Crippen molar-refractivity contribution in [3.63, 3.8) is 0 Å². The van der Waals surface area contributed by atoms with Crippen molar-refractivity contribution in [2.24, 2.45) is 5.92 Å². The molecule has 1 aliphatic carbocycles. The molecule has 0 bridgehead atoms. The highest BCUT2D eigenvalue weighted by Gasteiger charge is 2.23. The third kappa shape index (κ3) is 3.43. The van der Waals surface area contributed by atoms with E-state index in [1.54, 1.807) is 12.1 Å². The first-order valence-electron chi connectivity index (χ1n) is 5.91. The Morgan fingerprint density at radius 1 is 1.33 bits per heavy atom. The van der Waals surface area contributed by atoms with E-state index in [0.717, 1.165) is 23.3 Å². The molecule has 2 rings (SSSR count). The summed E-state index contributed by atoms with van der Waals surface area (Å²) in [6.07, 6.45) is 3.88. The van der Waals surface area contributed by atoms with Gasteiger partial charge < -0.3 is 0 Å². The number of nitrogens with one attached hydrogen (secondary N) is 2. The van der Waals surface area contributed by atoms with E-state index in [4.69, 9.17) is 0 Å². The molecule has 2 N–H and O–H groups in total. The summed E-state index contributed by atoms with van der Waals surface area (Å²) in [5, 5.41) is 0. The van der Waals surface area contributed by atoms with E-state index >= 15 is 0 Å². The molecule has 5 heteroatoms. The summed E-state index contributed by atoms with van der Waals surface area (Å²) in [6.45, 7) is 3.88. The minimum absolute atomic E-state index is 0.277. The molecule has 1 aliphatic rings. The van der Waals surface area contributed by atoms with Crippen LogP contribution in [0.2, 0.25) is 0 Å². The van der Waals surface area contributed by atoms with E-state index in [2.05, 4.69) is 10.9 Å². The lowest BCUT2D eigenvalue weighted by Crippen LogP contribution is -2.40. The number of amides is 2. The lowest BCUT2D eigenvalue weighted by molar-refractivity contribution is -0.117. The molecule has 18 heavy (non-hydrogen) atoms. The van der Waals surface area contributed by atoms with Crippen LogP contribution < -0.4 is 10.9 Å². The van der Waals surface area contributed by atoms with Crippen LogP contribution in [0.25, 0.3) is 0 Å². The van der Waals surface area contributed by atoms with Gasteiger partial charge in [0.2, 0.25) is 0 Å². The van der Waals surface area contributed by atoms with E-state index < -0.39 is 0 Å². The number of rotatable bonds is 3. The minimum Gasteiger partial charge on any atom is -0.268 e. The predicted octanol–water partition coefficient (Wildman–Crippen LogP) is 2.17. The number of carbonyl (C=O) groups excluding carboxylic acids is 2. The van der Waals surface area contributed by atoms with E-state index in [0.29, 0.717) is 10.8 Å². The monoisotopic (exact) mass is 264 g/mol. The number of aryl methyl sites for hydroxylation is 1. The van der Waals surface area contributed by atoms with E-state index in [1.807, 2.05) is 19.9 Å². The second kappa shape index (κ2) is 5.35.